The lowest BCUT2D eigenvalue weighted by atomic mass is 9.93. The van der Waals surface area contributed by atoms with E-state index < -0.39 is 0 Å². The number of rotatable bonds is 4. The van der Waals surface area contributed by atoms with Crippen LogP contribution in [0.15, 0.2) is 59.0 Å². The SMILES string of the molecule is CCCCC(C)c1ccc2c(ccc3c4ccccc4oc23)c1. The Morgan fingerprint density at radius 1 is 0.913 bits per heavy atom. The second-order valence-corrected chi connectivity index (χ2v) is 6.56. The number of para-hydroxylation sites is 1. The molecule has 0 bridgehead atoms. The molecule has 0 aliphatic rings. The summed E-state index contributed by atoms with van der Waals surface area (Å²) in [5, 5.41) is 4.90. The predicted molar refractivity (Wildman–Crippen MR) is 99.2 cm³/mol. The van der Waals surface area contributed by atoms with E-state index in [-0.39, 0.29) is 0 Å². The highest BCUT2D eigenvalue weighted by atomic mass is 16.3. The summed E-state index contributed by atoms with van der Waals surface area (Å²) in [6.45, 7) is 4.59. The standard InChI is InChI=1S/C22H22O/c1-3-4-7-15(2)16-10-12-18-17(14-16)11-13-20-19-8-5-6-9-21(19)23-22(18)20/h5-6,8-15H,3-4,7H2,1-2H3. The monoisotopic (exact) mass is 302 g/mol. The lowest BCUT2D eigenvalue weighted by Crippen LogP contribution is -1.93. The molecule has 116 valence electrons. The summed E-state index contributed by atoms with van der Waals surface area (Å²) in [6, 6.07) is 19.5. The molecule has 0 aliphatic heterocycles. The smallest absolute Gasteiger partial charge is 0.143 e. The maximum absolute atomic E-state index is 6.13. The third kappa shape index (κ3) is 2.41. The van der Waals surface area contributed by atoms with Crippen molar-refractivity contribution in [3.05, 3.63) is 60.2 Å². The van der Waals surface area contributed by atoms with Crippen molar-refractivity contribution in [1.82, 2.24) is 0 Å². The summed E-state index contributed by atoms with van der Waals surface area (Å²) >= 11 is 0. The Labute approximate surface area is 136 Å². The molecule has 4 aromatic rings. The topological polar surface area (TPSA) is 13.1 Å². The van der Waals surface area contributed by atoms with E-state index in [0.717, 1.165) is 11.2 Å². The summed E-state index contributed by atoms with van der Waals surface area (Å²) in [7, 11) is 0. The van der Waals surface area contributed by atoms with Gasteiger partial charge in [0.2, 0.25) is 0 Å². The van der Waals surface area contributed by atoms with E-state index in [9.17, 15) is 0 Å². The fraction of sp³-hybridized carbons (Fsp3) is 0.273. The highest BCUT2D eigenvalue weighted by Crippen LogP contribution is 2.35. The van der Waals surface area contributed by atoms with Gasteiger partial charge >= 0.3 is 0 Å². The Morgan fingerprint density at radius 2 is 1.74 bits per heavy atom. The Hall–Kier alpha value is -2.28. The Bertz CT molecular complexity index is 977. The summed E-state index contributed by atoms with van der Waals surface area (Å²) in [5.74, 6) is 0.616. The fourth-order valence-electron chi connectivity index (χ4n) is 3.51. The Morgan fingerprint density at radius 3 is 2.61 bits per heavy atom. The van der Waals surface area contributed by atoms with Crippen molar-refractivity contribution in [3.63, 3.8) is 0 Å². The molecular weight excluding hydrogens is 280 g/mol. The second-order valence-electron chi connectivity index (χ2n) is 6.56. The van der Waals surface area contributed by atoms with E-state index in [1.807, 2.05) is 12.1 Å². The molecule has 1 nitrogen and oxygen atoms in total. The normalized spacial score (nSPS) is 13.1. The lowest BCUT2D eigenvalue weighted by molar-refractivity contribution is 0.625. The number of furan rings is 1. The van der Waals surface area contributed by atoms with Gasteiger partial charge in [-0.25, -0.2) is 0 Å². The molecule has 1 heteroatoms. The Balaban J connectivity index is 1.87. The molecule has 0 aliphatic carbocycles. The molecule has 0 spiro atoms. The first kappa shape index (κ1) is 14.3. The van der Waals surface area contributed by atoms with Crippen LogP contribution in [0.2, 0.25) is 0 Å². The molecule has 0 radical (unpaired) electrons. The van der Waals surface area contributed by atoms with Gasteiger partial charge < -0.3 is 4.42 Å². The van der Waals surface area contributed by atoms with Gasteiger partial charge in [-0.05, 0) is 35.4 Å². The minimum Gasteiger partial charge on any atom is -0.455 e. The van der Waals surface area contributed by atoms with Crippen LogP contribution in [-0.4, -0.2) is 0 Å². The first-order chi connectivity index (χ1) is 11.3. The summed E-state index contributed by atoms with van der Waals surface area (Å²) in [5.41, 5.74) is 3.41. The van der Waals surface area contributed by atoms with Crippen molar-refractivity contribution >= 4 is 32.7 Å². The lowest BCUT2D eigenvalue weighted by Gasteiger charge is -2.12. The molecule has 1 unspecified atom stereocenters. The van der Waals surface area contributed by atoms with Crippen LogP contribution in [-0.2, 0) is 0 Å². The molecule has 0 N–H and O–H groups in total. The van der Waals surface area contributed by atoms with Crippen molar-refractivity contribution in [2.24, 2.45) is 0 Å². The number of hydrogen-bond donors (Lipinski definition) is 0. The highest BCUT2D eigenvalue weighted by Gasteiger charge is 2.11. The fourth-order valence-corrected chi connectivity index (χ4v) is 3.51. The van der Waals surface area contributed by atoms with Crippen molar-refractivity contribution in [1.29, 1.82) is 0 Å². The van der Waals surface area contributed by atoms with Crippen LogP contribution in [0.25, 0.3) is 32.7 Å². The summed E-state index contributed by atoms with van der Waals surface area (Å²) in [4.78, 5) is 0. The van der Waals surface area contributed by atoms with Crippen LogP contribution in [0.3, 0.4) is 0 Å². The molecule has 0 saturated carbocycles. The minimum atomic E-state index is 0.616. The average molecular weight is 302 g/mol. The van der Waals surface area contributed by atoms with Crippen LogP contribution in [0.1, 0.15) is 44.6 Å². The maximum Gasteiger partial charge on any atom is 0.143 e. The molecule has 1 heterocycles. The third-order valence-corrected chi connectivity index (χ3v) is 4.94. The van der Waals surface area contributed by atoms with Gasteiger partial charge in [-0.2, -0.15) is 0 Å². The molecule has 0 fully saturated rings. The van der Waals surface area contributed by atoms with Crippen molar-refractivity contribution in [2.75, 3.05) is 0 Å². The molecule has 1 aromatic heterocycles. The van der Waals surface area contributed by atoms with Gasteiger partial charge in [-0.15, -0.1) is 0 Å². The molecule has 0 amide bonds. The van der Waals surface area contributed by atoms with Crippen LogP contribution in [0.4, 0.5) is 0 Å². The van der Waals surface area contributed by atoms with E-state index in [4.69, 9.17) is 4.42 Å². The van der Waals surface area contributed by atoms with Gasteiger partial charge in [-0.1, -0.05) is 69.2 Å². The quantitative estimate of drug-likeness (QED) is 0.394. The van der Waals surface area contributed by atoms with E-state index in [2.05, 4.69) is 56.3 Å². The number of fused-ring (bicyclic) bond motifs is 5. The van der Waals surface area contributed by atoms with Gasteiger partial charge in [-0.3, -0.25) is 0 Å². The molecule has 3 aromatic carbocycles. The largest absolute Gasteiger partial charge is 0.455 e. The van der Waals surface area contributed by atoms with Crippen LogP contribution in [0, 0.1) is 0 Å². The van der Waals surface area contributed by atoms with Crippen LogP contribution < -0.4 is 0 Å². The van der Waals surface area contributed by atoms with E-state index >= 15 is 0 Å². The van der Waals surface area contributed by atoms with Gasteiger partial charge in [0.1, 0.15) is 11.2 Å². The molecule has 0 saturated heterocycles. The number of benzene rings is 3. The first-order valence-corrected chi connectivity index (χ1v) is 8.62. The summed E-state index contributed by atoms with van der Waals surface area (Å²) < 4.78 is 6.13. The van der Waals surface area contributed by atoms with Crippen LogP contribution >= 0.6 is 0 Å². The second kappa shape index (κ2) is 5.73. The van der Waals surface area contributed by atoms with E-state index in [0.29, 0.717) is 5.92 Å². The van der Waals surface area contributed by atoms with Crippen molar-refractivity contribution in [2.45, 2.75) is 39.0 Å². The third-order valence-electron chi connectivity index (χ3n) is 4.94. The van der Waals surface area contributed by atoms with Crippen LogP contribution in [0.5, 0.6) is 0 Å². The number of hydrogen-bond acceptors (Lipinski definition) is 1. The zero-order valence-corrected chi connectivity index (χ0v) is 13.8. The van der Waals surface area contributed by atoms with Crippen molar-refractivity contribution < 1.29 is 4.42 Å². The first-order valence-electron chi connectivity index (χ1n) is 8.62. The molecular formula is C22H22O. The maximum atomic E-state index is 6.13. The van der Waals surface area contributed by atoms with Crippen molar-refractivity contribution in [3.8, 4) is 0 Å². The van der Waals surface area contributed by atoms with Gasteiger partial charge in [0.05, 0.1) is 0 Å². The van der Waals surface area contributed by atoms with Gasteiger partial charge in [0.15, 0.2) is 0 Å². The van der Waals surface area contributed by atoms with E-state index in [1.54, 1.807) is 0 Å². The number of unbranched alkanes of at least 4 members (excludes halogenated alkanes) is 1. The predicted octanol–water partition coefficient (Wildman–Crippen LogP) is 7.03. The van der Waals surface area contributed by atoms with Gasteiger partial charge in [0.25, 0.3) is 0 Å². The van der Waals surface area contributed by atoms with E-state index in [1.165, 1.54) is 46.4 Å². The average Bonchev–Trinajstić information content (AvgIpc) is 2.98. The van der Waals surface area contributed by atoms with Gasteiger partial charge in [0, 0.05) is 16.2 Å². The zero-order chi connectivity index (χ0) is 15.8. The zero-order valence-electron chi connectivity index (χ0n) is 13.8. The highest BCUT2D eigenvalue weighted by molar-refractivity contribution is 6.14. The molecule has 4 rings (SSSR count). The minimum absolute atomic E-state index is 0.616. The summed E-state index contributed by atoms with van der Waals surface area (Å²) in [6.07, 6.45) is 3.81. The molecule has 1 atom stereocenters. The molecule has 23 heavy (non-hydrogen) atoms. The Kier molecular flexibility index (Phi) is 3.57.